The molecular formula is C27H28FN5O3S. The van der Waals surface area contributed by atoms with Crippen molar-refractivity contribution in [1.29, 1.82) is 0 Å². The molecule has 0 spiro atoms. The lowest BCUT2D eigenvalue weighted by atomic mass is 10.1. The third kappa shape index (κ3) is 4.78. The van der Waals surface area contributed by atoms with Crippen molar-refractivity contribution in [3.05, 3.63) is 54.0 Å². The summed E-state index contributed by atoms with van der Waals surface area (Å²) in [5.74, 6) is -0.397. The molecular weight excluding hydrogens is 493 g/mol. The number of nitrogens with one attached hydrogen (secondary N) is 1. The fourth-order valence-electron chi connectivity index (χ4n) is 5.16. The van der Waals surface area contributed by atoms with E-state index in [4.69, 9.17) is 4.74 Å². The van der Waals surface area contributed by atoms with E-state index in [1.54, 1.807) is 23.2 Å². The van der Waals surface area contributed by atoms with Crippen LogP contribution in [0.3, 0.4) is 0 Å². The van der Waals surface area contributed by atoms with E-state index in [0.29, 0.717) is 34.9 Å². The van der Waals surface area contributed by atoms with E-state index in [-0.39, 0.29) is 17.7 Å². The molecule has 192 valence electrons. The predicted octanol–water partition coefficient (Wildman–Crippen LogP) is 4.77. The molecule has 1 N–H and O–H groups in total. The van der Waals surface area contributed by atoms with Crippen LogP contribution in [0.1, 0.15) is 36.0 Å². The molecule has 2 aliphatic rings. The summed E-state index contributed by atoms with van der Waals surface area (Å²) in [6.45, 7) is 3.27. The monoisotopic (exact) mass is 521 g/mol. The molecule has 37 heavy (non-hydrogen) atoms. The standard InChI is InChI=1S/C27H28FN5O3S/c1-31-10-4-5-18(15-31)29-25(34)17-6-9-23-24(13-17)37-26-30-22(16-33(23)26)20-8-7-19(14-21(20)28)36-27(35)32-11-2-3-12-32/h6-9,13-14,16,18H,2-5,10-12,15H2,1H3,(H,29,34)/t18-/m0/s1. The van der Waals surface area contributed by atoms with Gasteiger partial charge in [0.2, 0.25) is 0 Å². The molecule has 4 aromatic rings. The Morgan fingerprint density at radius 3 is 2.73 bits per heavy atom. The molecule has 0 saturated carbocycles. The lowest BCUT2D eigenvalue weighted by molar-refractivity contribution is 0.0912. The maximum Gasteiger partial charge on any atom is 0.415 e. The second kappa shape index (κ2) is 9.75. The average Bonchev–Trinajstić information content (AvgIpc) is 3.61. The molecule has 0 unspecified atom stereocenters. The zero-order valence-corrected chi connectivity index (χ0v) is 21.4. The van der Waals surface area contributed by atoms with Crippen molar-refractivity contribution < 1.29 is 18.7 Å². The van der Waals surface area contributed by atoms with Gasteiger partial charge in [-0.1, -0.05) is 11.3 Å². The molecule has 4 heterocycles. The highest BCUT2D eigenvalue weighted by Gasteiger charge is 2.22. The van der Waals surface area contributed by atoms with Crippen LogP contribution in [0.4, 0.5) is 9.18 Å². The van der Waals surface area contributed by atoms with Crippen LogP contribution in [-0.2, 0) is 0 Å². The molecule has 6 rings (SSSR count). The lowest BCUT2D eigenvalue weighted by Gasteiger charge is -2.30. The van der Waals surface area contributed by atoms with E-state index in [2.05, 4.69) is 22.2 Å². The number of nitrogens with zero attached hydrogens (tertiary/aromatic N) is 4. The number of carbonyl (C=O) groups excluding carboxylic acids is 2. The van der Waals surface area contributed by atoms with Crippen molar-refractivity contribution in [3.63, 3.8) is 0 Å². The van der Waals surface area contributed by atoms with Crippen LogP contribution in [0.15, 0.2) is 42.6 Å². The number of ether oxygens (including phenoxy) is 1. The van der Waals surface area contributed by atoms with E-state index in [9.17, 15) is 14.0 Å². The SMILES string of the molecule is CN1CCC[C@H](NC(=O)c2ccc3c(c2)sc2nc(-c4ccc(OC(=O)N5CCCC5)cc4F)cn23)C1. The molecule has 2 amide bonds. The van der Waals surface area contributed by atoms with Gasteiger partial charge in [0.15, 0.2) is 4.96 Å². The Labute approximate surface area is 217 Å². The Kier molecular flexibility index (Phi) is 6.29. The van der Waals surface area contributed by atoms with E-state index >= 15 is 0 Å². The number of likely N-dealkylation sites (N-methyl/N-ethyl adjacent to an activating group) is 1. The number of benzene rings is 2. The molecule has 2 saturated heterocycles. The number of halogens is 1. The molecule has 0 bridgehead atoms. The quantitative estimate of drug-likeness (QED) is 0.418. The molecule has 1 atom stereocenters. The highest BCUT2D eigenvalue weighted by Crippen LogP contribution is 2.32. The number of fused-ring (bicyclic) bond motifs is 3. The van der Waals surface area contributed by atoms with Crippen LogP contribution < -0.4 is 10.1 Å². The maximum atomic E-state index is 15.0. The first-order chi connectivity index (χ1) is 17.9. The first-order valence-electron chi connectivity index (χ1n) is 12.6. The maximum absolute atomic E-state index is 15.0. The van der Waals surface area contributed by atoms with Crippen LogP contribution in [0.5, 0.6) is 5.75 Å². The highest BCUT2D eigenvalue weighted by molar-refractivity contribution is 7.23. The summed E-state index contributed by atoms with van der Waals surface area (Å²) in [5, 5.41) is 3.15. The van der Waals surface area contributed by atoms with Gasteiger partial charge in [0, 0.05) is 49.1 Å². The van der Waals surface area contributed by atoms with Crippen molar-refractivity contribution in [3.8, 4) is 17.0 Å². The van der Waals surface area contributed by atoms with Gasteiger partial charge < -0.3 is 19.9 Å². The number of rotatable bonds is 4. The van der Waals surface area contributed by atoms with Crippen LogP contribution in [0, 0.1) is 5.82 Å². The van der Waals surface area contributed by atoms with Gasteiger partial charge in [-0.25, -0.2) is 14.2 Å². The summed E-state index contributed by atoms with van der Waals surface area (Å²) < 4.78 is 23.2. The number of hydrogen-bond acceptors (Lipinski definition) is 6. The minimum absolute atomic E-state index is 0.0680. The molecule has 2 aromatic heterocycles. The fourth-order valence-corrected chi connectivity index (χ4v) is 6.20. The number of amides is 2. The Balaban J connectivity index is 1.20. The highest BCUT2D eigenvalue weighted by atomic mass is 32.1. The Bertz CT molecular complexity index is 1490. The van der Waals surface area contributed by atoms with Crippen LogP contribution in [0.25, 0.3) is 26.4 Å². The van der Waals surface area contributed by atoms with Crippen LogP contribution in [0.2, 0.25) is 0 Å². The molecule has 2 aromatic carbocycles. The van der Waals surface area contributed by atoms with Crippen LogP contribution >= 0.6 is 11.3 Å². The first-order valence-corrected chi connectivity index (χ1v) is 13.4. The van der Waals surface area contributed by atoms with E-state index in [1.807, 2.05) is 22.6 Å². The summed E-state index contributed by atoms with van der Waals surface area (Å²) >= 11 is 1.45. The summed E-state index contributed by atoms with van der Waals surface area (Å²) in [5.41, 5.74) is 2.35. The molecule has 0 radical (unpaired) electrons. The van der Waals surface area contributed by atoms with E-state index < -0.39 is 11.9 Å². The molecule has 8 nitrogen and oxygen atoms in total. The summed E-state index contributed by atoms with van der Waals surface area (Å²) in [7, 11) is 2.07. The van der Waals surface area contributed by atoms with E-state index in [1.165, 1.54) is 17.4 Å². The second-order valence-corrected chi connectivity index (χ2v) is 10.9. The van der Waals surface area contributed by atoms with Gasteiger partial charge in [0.1, 0.15) is 11.6 Å². The summed E-state index contributed by atoms with van der Waals surface area (Å²) in [4.78, 5) is 34.3. The van der Waals surface area contributed by atoms with Crippen LogP contribution in [-0.4, -0.2) is 70.5 Å². The number of hydrogen-bond donors (Lipinski definition) is 1. The van der Waals surface area contributed by atoms with Gasteiger partial charge in [0.25, 0.3) is 5.91 Å². The van der Waals surface area contributed by atoms with Gasteiger partial charge >= 0.3 is 6.09 Å². The first kappa shape index (κ1) is 23.9. The Hall–Kier alpha value is -3.50. The van der Waals surface area contributed by atoms with Gasteiger partial charge in [0.05, 0.1) is 15.9 Å². The number of thiazole rings is 1. The Morgan fingerprint density at radius 1 is 1.11 bits per heavy atom. The smallest absolute Gasteiger partial charge is 0.410 e. The van der Waals surface area contributed by atoms with Crippen molar-refractivity contribution in [2.45, 2.75) is 31.7 Å². The molecule has 0 aliphatic carbocycles. The summed E-state index contributed by atoms with van der Waals surface area (Å²) in [6, 6.07) is 10.2. The molecule has 2 aliphatic heterocycles. The lowest BCUT2D eigenvalue weighted by Crippen LogP contribution is -2.46. The van der Waals surface area contributed by atoms with Crippen molar-refractivity contribution in [2.75, 3.05) is 33.2 Å². The van der Waals surface area contributed by atoms with Crippen molar-refractivity contribution >= 4 is 38.5 Å². The number of likely N-dealkylation sites (tertiary alicyclic amines) is 2. The topological polar surface area (TPSA) is 79.2 Å². The zero-order valence-electron chi connectivity index (χ0n) is 20.6. The summed E-state index contributed by atoms with van der Waals surface area (Å²) in [6.07, 6.45) is 5.34. The minimum atomic E-state index is -0.505. The number of piperidine rings is 1. The van der Waals surface area contributed by atoms with Gasteiger partial charge in [-0.3, -0.25) is 9.20 Å². The fraction of sp³-hybridized carbons (Fsp3) is 0.370. The molecule has 10 heteroatoms. The number of aromatic nitrogens is 2. The van der Waals surface area contributed by atoms with Gasteiger partial charge in [-0.15, -0.1) is 0 Å². The third-order valence-electron chi connectivity index (χ3n) is 7.10. The van der Waals surface area contributed by atoms with E-state index in [0.717, 1.165) is 49.0 Å². The van der Waals surface area contributed by atoms with Crippen molar-refractivity contribution in [1.82, 2.24) is 24.5 Å². The average molecular weight is 522 g/mol. The van der Waals surface area contributed by atoms with Gasteiger partial charge in [-0.2, -0.15) is 0 Å². The Morgan fingerprint density at radius 2 is 1.95 bits per heavy atom. The molecule has 2 fully saturated rings. The van der Waals surface area contributed by atoms with Gasteiger partial charge in [-0.05, 0) is 69.6 Å². The number of carbonyl (C=O) groups is 2. The largest absolute Gasteiger partial charge is 0.415 e. The second-order valence-electron chi connectivity index (χ2n) is 9.84. The minimum Gasteiger partial charge on any atom is -0.410 e. The predicted molar refractivity (Wildman–Crippen MR) is 141 cm³/mol. The zero-order chi connectivity index (χ0) is 25.5. The third-order valence-corrected chi connectivity index (χ3v) is 8.12. The normalized spacial score (nSPS) is 18.5. The van der Waals surface area contributed by atoms with Crippen molar-refractivity contribution in [2.24, 2.45) is 0 Å². The number of imidazole rings is 1.